The molecular weight excluding hydrogens is 437 g/mol. The first-order valence-corrected chi connectivity index (χ1v) is 9.68. The van der Waals surface area contributed by atoms with Crippen LogP contribution in [0.4, 0.5) is 30.2 Å². The Hall–Kier alpha value is -4.28. The Bertz CT molecular complexity index is 1230. The summed E-state index contributed by atoms with van der Waals surface area (Å²) in [5, 5.41) is 6.86. The van der Waals surface area contributed by atoms with E-state index in [0.29, 0.717) is 29.0 Å². The molecular formula is C22H17F3N6O2. The third-order valence-corrected chi connectivity index (χ3v) is 4.80. The van der Waals surface area contributed by atoms with Crippen LogP contribution in [-0.2, 0) is 11.3 Å². The van der Waals surface area contributed by atoms with E-state index < -0.39 is 18.1 Å². The Labute approximate surface area is 186 Å². The molecule has 0 bridgehead atoms. The smallest absolute Gasteiger partial charge is 0.314 e. The van der Waals surface area contributed by atoms with Crippen molar-refractivity contribution in [2.45, 2.75) is 13.0 Å². The van der Waals surface area contributed by atoms with Gasteiger partial charge < -0.3 is 14.2 Å². The van der Waals surface area contributed by atoms with Crippen molar-refractivity contribution in [1.29, 1.82) is 0 Å². The van der Waals surface area contributed by atoms with Crippen LogP contribution in [0.1, 0.15) is 18.0 Å². The van der Waals surface area contributed by atoms with E-state index in [1.54, 1.807) is 48.6 Å². The monoisotopic (exact) mass is 454 g/mol. The number of amides is 1. The van der Waals surface area contributed by atoms with Gasteiger partial charge in [0.2, 0.25) is 12.3 Å². The second-order valence-corrected chi connectivity index (χ2v) is 6.92. The highest BCUT2D eigenvalue weighted by Gasteiger charge is 2.19. The maximum atomic E-state index is 14.1. The number of carbonyl (C=O) groups is 1. The third-order valence-electron chi connectivity index (χ3n) is 4.80. The first kappa shape index (κ1) is 21.9. The molecule has 0 saturated heterocycles. The van der Waals surface area contributed by atoms with Crippen molar-refractivity contribution < 1.29 is 22.4 Å². The van der Waals surface area contributed by atoms with Crippen molar-refractivity contribution in [1.82, 2.24) is 20.2 Å². The molecule has 4 aromatic rings. The van der Waals surface area contributed by atoms with E-state index in [1.165, 1.54) is 23.2 Å². The van der Waals surface area contributed by atoms with Gasteiger partial charge in [0.1, 0.15) is 5.82 Å². The van der Waals surface area contributed by atoms with E-state index in [4.69, 9.17) is 4.42 Å². The van der Waals surface area contributed by atoms with E-state index in [9.17, 15) is 18.0 Å². The number of anilines is 3. The number of halogens is 3. The molecule has 8 nitrogen and oxygen atoms in total. The molecule has 0 aliphatic heterocycles. The number of alkyl halides is 2. The summed E-state index contributed by atoms with van der Waals surface area (Å²) in [6.07, 6.45) is 2.37. The summed E-state index contributed by atoms with van der Waals surface area (Å²) < 4.78 is 44.3. The molecule has 0 aliphatic carbocycles. The minimum atomic E-state index is -2.87. The molecule has 4 rings (SSSR count). The Morgan fingerprint density at radius 2 is 1.94 bits per heavy atom. The van der Waals surface area contributed by atoms with Gasteiger partial charge in [-0.2, -0.15) is 8.78 Å². The topological polar surface area (TPSA) is 88.3 Å². The number of benzene rings is 1. The van der Waals surface area contributed by atoms with E-state index in [-0.39, 0.29) is 12.4 Å². The number of carbonyl (C=O) groups excluding carboxylic acids is 1. The highest BCUT2D eigenvalue weighted by molar-refractivity contribution is 5.86. The van der Waals surface area contributed by atoms with Gasteiger partial charge in [0.05, 0.1) is 41.1 Å². The Morgan fingerprint density at radius 1 is 1.09 bits per heavy atom. The molecule has 0 radical (unpaired) electrons. The van der Waals surface area contributed by atoms with Gasteiger partial charge in [-0.25, -0.2) is 4.39 Å². The quantitative estimate of drug-likeness (QED) is 0.361. The number of hydrogen-bond donors (Lipinski definition) is 0. The third kappa shape index (κ3) is 4.81. The number of rotatable bonds is 8. The van der Waals surface area contributed by atoms with Crippen molar-refractivity contribution >= 4 is 23.5 Å². The lowest BCUT2D eigenvalue weighted by atomic mass is 10.2. The summed E-state index contributed by atoms with van der Waals surface area (Å²) >= 11 is 0. The highest BCUT2D eigenvalue weighted by Crippen LogP contribution is 2.34. The zero-order chi connectivity index (χ0) is 23.4. The van der Waals surface area contributed by atoms with Crippen LogP contribution >= 0.6 is 0 Å². The summed E-state index contributed by atoms with van der Waals surface area (Å²) in [7, 11) is 1.78. The van der Waals surface area contributed by atoms with Gasteiger partial charge in [-0.3, -0.25) is 14.8 Å². The fraction of sp³-hybridized carbons (Fsp3) is 0.136. The van der Waals surface area contributed by atoms with Crippen LogP contribution in [0.15, 0.2) is 65.5 Å². The van der Waals surface area contributed by atoms with Crippen molar-refractivity contribution in [2.24, 2.45) is 0 Å². The number of pyridine rings is 2. The minimum Gasteiger partial charge on any atom is -0.415 e. The lowest BCUT2D eigenvalue weighted by molar-refractivity contribution is -0.107. The Balaban J connectivity index is 1.59. The number of aromatic nitrogens is 4. The molecule has 0 aliphatic rings. The van der Waals surface area contributed by atoms with Crippen LogP contribution in [0.25, 0.3) is 11.5 Å². The predicted octanol–water partition coefficient (Wildman–Crippen LogP) is 4.53. The fourth-order valence-electron chi connectivity index (χ4n) is 3.14. The standard InChI is InChI=1S/C22H17F3N6O2/c1-30(17-3-2-8-26-11-17)18-7-5-15(23)9-19(18)31(13-32)12-16-6-4-14(10-27-16)21-28-29-22(33-21)20(24)25/h2-11,13,20H,12H2,1H3. The summed E-state index contributed by atoms with van der Waals surface area (Å²) in [5.74, 6) is -1.38. The van der Waals surface area contributed by atoms with Crippen LogP contribution in [-0.4, -0.2) is 33.6 Å². The van der Waals surface area contributed by atoms with E-state index in [1.807, 2.05) is 6.07 Å². The molecule has 168 valence electrons. The maximum Gasteiger partial charge on any atom is 0.314 e. The normalized spacial score (nSPS) is 10.9. The fourth-order valence-corrected chi connectivity index (χ4v) is 3.14. The molecule has 1 amide bonds. The molecule has 11 heteroatoms. The summed E-state index contributed by atoms with van der Waals surface area (Å²) in [6.45, 7) is 0.0350. The first-order chi connectivity index (χ1) is 16.0. The van der Waals surface area contributed by atoms with Crippen molar-refractivity contribution in [3.05, 3.63) is 78.5 Å². The average Bonchev–Trinajstić information content (AvgIpc) is 3.34. The zero-order valence-electron chi connectivity index (χ0n) is 17.3. The highest BCUT2D eigenvalue weighted by atomic mass is 19.3. The van der Waals surface area contributed by atoms with Crippen molar-refractivity contribution in [3.8, 4) is 11.5 Å². The largest absolute Gasteiger partial charge is 0.415 e. The molecule has 3 aromatic heterocycles. The van der Waals surface area contributed by atoms with Gasteiger partial charge in [0.25, 0.3) is 5.89 Å². The predicted molar refractivity (Wildman–Crippen MR) is 113 cm³/mol. The van der Waals surface area contributed by atoms with Crippen LogP contribution < -0.4 is 9.80 Å². The molecule has 0 unspecified atom stereocenters. The zero-order valence-corrected chi connectivity index (χ0v) is 17.3. The lowest BCUT2D eigenvalue weighted by Gasteiger charge is -2.26. The van der Waals surface area contributed by atoms with Crippen molar-refractivity contribution in [2.75, 3.05) is 16.8 Å². The van der Waals surface area contributed by atoms with Crippen LogP contribution in [0.5, 0.6) is 0 Å². The maximum absolute atomic E-state index is 14.1. The van der Waals surface area contributed by atoms with E-state index in [2.05, 4.69) is 20.2 Å². The second-order valence-electron chi connectivity index (χ2n) is 6.92. The van der Waals surface area contributed by atoms with Crippen LogP contribution in [0.3, 0.4) is 0 Å². The molecule has 0 N–H and O–H groups in total. The second kappa shape index (κ2) is 9.47. The van der Waals surface area contributed by atoms with E-state index >= 15 is 0 Å². The number of hydrogen-bond acceptors (Lipinski definition) is 7. The van der Waals surface area contributed by atoms with Crippen LogP contribution in [0, 0.1) is 5.82 Å². The minimum absolute atomic E-state index is 0.0350. The van der Waals surface area contributed by atoms with E-state index in [0.717, 1.165) is 5.69 Å². The van der Waals surface area contributed by atoms with Gasteiger partial charge in [0, 0.05) is 19.4 Å². The Kier molecular flexibility index (Phi) is 6.29. The first-order valence-electron chi connectivity index (χ1n) is 9.68. The summed E-state index contributed by atoms with van der Waals surface area (Å²) in [6, 6.07) is 10.9. The van der Waals surface area contributed by atoms with Gasteiger partial charge in [-0.15, -0.1) is 10.2 Å². The molecule has 0 saturated carbocycles. The van der Waals surface area contributed by atoms with Crippen LogP contribution in [0.2, 0.25) is 0 Å². The number of nitrogens with zero attached hydrogens (tertiary/aromatic N) is 6. The lowest BCUT2D eigenvalue weighted by Crippen LogP contribution is -2.24. The van der Waals surface area contributed by atoms with Gasteiger partial charge in [-0.1, -0.05) is 0 Å². The van der Waals surface area contributed by atoms with Gasteiger partial charge in [0.15, 0.2) is 0 Å². The summed E-state index contributed by atoms with van der Waals surface area (Å²) in [5.41, 5.74) is 2.48. The SMILES string of the molecule is CN(c1cccnc1)c1ccc(F)cc1N(C=O)Cc1ccc(-c2nnc(C(F)F)o2)cn1. The Morgan fingerprint density at radius 3 is 2.58 bits per heavy atom. The van der Waals surface area contributed by atoms with Crippen molar-refractivity contribution in [3.63, 3.8) is 0 Å². The molecule has 1 aromatic carbocycles. The average molecular weight is 454 g/mol. The molecule has 33 heavy (non-hydrogen) atoms. The summed E-state index contributed by atoms with van der Waals surface area (Å²) in [4.78, 5) is 23.4. The van der Waals surface area contributed by atoms with Gasteiger partial charge in [-0.05, 0) is 42.5 Å². The molecule has 0 fully saturated rings. The molecule has 3 heterocycles. The molecule has 0 atom stereocenters. The van der Waals surface area contributed by atoms with Gasteiger partial charge >= 0.3 is 6.43 Å². The molecule has 0 spiro atoms.